The molecule has 1 atom stereocenters. The third-order valence-electron chi connectivity index (χ3n) is 4.59. The zero-order chi connectivity index (χ0) is 17.8. The van der Waals surface area contributed by atoms with Crippen molar-refractivity contribution < 1.29 is 14.3 Å². The third kappa shape index (κ3) is 3.88. The minimum absolute atomic E-state index is 0.103. The molecule has 1 aliphatic carbocycles. The van der Waals surface area contributed by atoms with Crippen molar-refractivity contribution in [1.82, 2.24) is 4.90 Å². The Morgan fingerprint density at radius 1 is 1.20 bits per heavy atom. The maximum atomic E-state index is 12.4. The predicted molar refractivity (Wildman–Crippen MR) is 96.5 cm³/mol. The van der Waals surface area contributed by atoms with Gasteiger partial charge in [0.25, 0.3) is 0 Å². The Balaban J connectivity index is 1.62. The highest BCUT2D eigenvalue weighted by Crippen LogP contribution is 2.34. The van der Waals surface area contributed by atoms with Gasteiger partial charge in [0.2, 0.25) is 5.91 Å². The molecule has 2 aromatic carbocycles. The van der Waals surface area contributed by atoms with Crippen molar-refractivity contribution in [3.63, 3.8) is 0 Å². The number of anilines is 1. The number of rotatable bonds is 5. The van der Waals surface area contributed by atoms with Crippen molar-refractivity contribution in [3.05, 3.63) is 65.2 Å². The van der Waals surface area contributed by atoms with Crippen LogP contribution < -0.4 is 5.32 Å². The van der Waals surface area contributed by atoms with E-state index >= 15 is 0 Å². The normalized spacial score (nSPS) is 15.7. The first-order valence-electron chi connectivity index (χ1n) is 8.35. The minimum atomic E-state index is -0.421. The smallest absolute Gasteiger partial charge is 0.337 e. The molecule has 0 saturated heterocycles. The fraction of sp³-hybridized carbons (Fsp3) is 0.300. The third-order valence-corrected chi connectivity index (χ3v) is 4.59. The van der Waals surface area contributed by atoms with Gasteiger partial charge in [-0.1, -0.05) is 30.3 Å². The lowest BCUT2D eigenvalue weighted by molar-refractivity contribution is -0.117. The molecule has 0 radical (unpaired) electrons. The molecule has 130 valence electrons. The largest absolute Gasteiger partial charge is 0.465 e. The van der Waals surface area contributed by atoms with Crippen LogP contribution in [-0.4, -0.2) is 37.5 Å². The molecular formula is C20H22N2O3. The first-order valence-corrected chi connectivity index (χ1v) is 8.35. The molecule has 0 spiro atoms. The van der Waals surface area contributed by atoms with E-state index in [-0.39, 0.29) is 11.9 Å². The monoisotopic (exact) mass is 338 g/mol. The number of benzene rings is 2. The lowest BCUT2D eigenvalue weighted by Crippen LogP contribution is -2.32. The molecule has 0 aliphatic heterocycles. The number of nitrogens with zero attached hydrogens (tertiary/aromatic N) is 1. The van der Waals surface area contributed by atoms with E-state index in [0.717, 1.165) is 12.8 Å². The second-order valence-corrected chi connectivity index (χ2v) is 6.29. The Morgan fingerprint density at radius 3 is 2.80 bits per heavy atom. The van der Waals surface area contributed by atoms with Gasteiger partial charge >= 0.3 is 5.97 Å². The van der Waals surface area contributed by atoms with Crippen LogP contribution in [0.4, 0.5) is 5.69 Å². The lowest BCUT2D eigenvalue weighted by atomic mass is 10.1. The van der Waals surface area contributed by atoms with Crippen LogP contribution in [0.2, 0.25) is 0 Å². The number of methoxy groups -OCH3 is 1. The van der Waals surface area contributed by atoms with Gasteiger partial charge in [-0.25, -0.2) is 4.79 Å². The number of esters is 1. The van der Waals surface area contributed by atoms with Gasteiger partial charge in [-0.15, -0.1) is 0 Å². The van der Waals surface area contributed by atoms with E-state index in [0.29, 0.717) is 17.8 Å². The number of hydrogen-bond donors (Lipinski definition) is 1. The molecule has 0 heterocycles. The molecule has 25 heavy (non-hydrogen) atoms. The Hall–Kier alpha value is -2.66. The van der Waals surface area contributed by atoms with Gasteiger partial charge in [0.15, 0.2) is 0 Å². The summed E-state index contributed by atoms with van der Waals surface area (Å²) >= 11 is 0. The van der Waals surface area contributed by atoms with E-state index in [1.54, 1.807) is 24.3 Å². The van der Waals surface area contributed by atoms with E-state index in [9.17, 15) is 9.59 Å². The summed E-state index contributed by atoms with van der Waals surface area (Å²) in [5.74, 6) is -0.523. The van der Waals surface area contributed by atoms with E-state index in [2.05, 4.69) is 28.4 Å². The second kappa shape index (κ2) is 7.49. The second-order valence-electron chi connectivity index (χ2n) is 6.29. The SMILES string of the molecule is COC(=O)c1cccc(NC(=O)CN(C)[C@@H]2CCc3ccccc32)c1. The zero-order valence-electron chi connectivity index (χ0n) is 14.5. The number of carbonyl (C=O) groups excluding carboxylic acids is 2. The number of ether oxygens (including phenoxy) is 1. The number of amides is 1. The highest BCUT2D eigenvalue weighted by molar-refractivity contribution is 5.95. The lowest BCUT2D eigenvalue weighted by Gasteiger charge is -2.24. The summed E-state index contributed by atoms with van der Waals surface area (Å²) in [6, 6.07) is 15.4. The predicted octanol–water partition coefficient (Wildman–Crippen LogP) is 3.03. The van der Waals surface area contributed by atoms with E-state index in [1.165, 1.54) is 18.2 Å². The molecule has 2 aromatic rings. The summed E-state index contributed by atoms with van der Waals surface area (Å²) in [6.45, 7) is 0.293. The number of likely N-dealkylation sites (N-methyl/N-ethyl adjacent to an activating group) is 1. The molecule has 0 saturated carbocycles. The fourth-order valence-electron chi connectivity index (χ4n) is 3.37. The van der Waals surface area contributed by atoms with Crippen LogP contribution in [0.3, 0.4) is 0 Å². The van der Waals surface area contributed by atoms with E-state index in [1.807, 2.05) is 13.1 Å². The molecule has 5 heteroatoms. The topological polar surface area (TPSA) is 58.6 Å². The molecule has 3 rings (SSSR count). The van der Waals surface area contributed by atoms with Crippen molar-refractivity contribution in [2.24, 2.45) is 0 Å². The Morgan fingerprint density at radius 2 is 2.00 bits per heavy atom. The molecule has 1 amide bonds. The first-order chi connectivity index (χ1) is 12.1. The van der Waals surface area contributed by atoms with Crippen molar-refractivity contribution >= 4 is 17.6 Å². The number of carbonyl (C=O) groups is 2. The molecule has 1 N–H and O–H groups in total. The van der Waals surface area contributed by atoms with Gasteiger partial charge in [-0.3, -0.25) is 9.69 Å². The van der Waals surface area contributed by atoms with Crippen molar-refractivity contribution in [1.29, 1.82) is 0 Å². The average molecular weight is 338 g/mol. The van der Waals surface area contributed by atoms with Crippen LogP contribution in [0, 0.1) is 0 Å². The van der Waals surface area contributed by atoms with Crippen LogP contribution in [0.25, 0.3) is 0 Å². The van der Waals surface area contributed by atoms with Crippen molar-refractivity contribution in [3.8, 4) is 0 Å². The van der Waals surface area contributed by atoms with Gasteiger partial charge in [0.1, 0.15) is 0 Å². The number of hydrogen-bond acceptors (Lipinski definition) is 4. The number of aryl methyl sites for hydroxylation is 1. The molecule has 5 nitrogen and oxygen atoms in total. The molecule has 1 aliphatic rings. The summed E-state index contributed by atoms with van der Waals surface area (Å²) in [7, 11) is 3.30. The van der Waals surface area contributed by atoms with Crippen molar-refractivity contribution in [2.75, 3.05) is 26.0 Å². The summed E-state index contributed by atoms with van der Waals surface area (Å²) in [5, 5.41) is 2.85. The standard InChI is InChI=1S/C20H22N2O3/c1-22(18-11-10-14-6-3-4-9-17(14)18)13-19(23)21-16-8-5-7-15(12-16)20(24)25-2/h3-9,12,18H,10-11,13H2,1-2H3,(H,21,23)/t18-/m1/s1. The highest BCUT2D eigenvalue weighted by Gasteiger charge is 2.26. The van der Waals surface area contributed by atoms with Gasteiger partial charge in [0, 0.05) is 11.7 Å². The molecule has 0 fully saturated rings. The van der Waals surface area contributed by atoms with E-state index in [4.69, 9.17) is 4.74 Å². The Kier molecular flexibility index (Phi) is 5.14. The van der Waals surface area contributed by atoms with Crippen LogP contribution in [0.15, 0.2) is 48.5 Å². The zero-order valence-corrected chi connectivity index (χ0v) is 14.5. The van der Waals surface area contributed by atoms with Crippen LogP contribution in [-0.2, 0) is 16.0 Å². The average Bonchev–Trinajstić information content (AvgIpc) is 3.05. The van der Waals surface area contributed by atoms with Gasteiger partial charge in [0.05, 0.1) is 19.2 Å². The summed E-state index contributed by atoms with van der Waals surface area (Å²) < 4.78 is 4.70. The summed E-state index contributed by atoms with van der Waals surface area (Å²) in [6.07, 6.45) is 2.08. The molecular weight excluding hydrogens is 316 g/mol. The molecule has 0 aromatic heterocycles. The van der Waals surface area contributed by atoms with Crippen molar-refractivity contribution in [2.45, 2.75) is 18.9 Å². The van der Waals surface area contributed by atoms with Crippen LogP contribution in [0.1, 0.15) is 33.9 Å². The first kappa shape index (κ1) is 17.2. The fourth-order valence-corrected chi connectivity index (χ4v) is 3.37. The molecule has 0 bridgehead atoms. The van der Waals surface area contributed by atoms with Gasteiger partial charge in [-0.05, 0) is 49.2 Å². The maximum Gasteiger partial charge on any atom is 0.337 e. The minimum Gasteiger partial charge on any atom is -0.465 e. The number of nitrogens with one attached hydrogen (secondary N) is 1. The highest BCUT2D eigenvalue weighted by atomic mass is 16.5. The quantitative estimate of drug-likeness (QED) is 0.852. The van der Waals surface area contributed by atoms with Gasteiger partial charge < -0.3 is 10.1 Å². The number of fused-ring (bicyclic) bond motifs is 1. The summed E-state index contributed by atoms with van der Waals surface area (Å²) in [4.78, 5) is 26.0. The van der Waals surface area contributed by atoms with Crippen LogP contribution in [0.5, 0.6) is 0 Å². The van der Waals surface area contributed by atoms with Gasteiger partial charge in [-0.2, -0.15) is 0 Å². The van der Waals surface area contributed by atoms with Crippen LogP contribution >= 0.6 is 0 Å². The Labute approximate surface area is 147 Å². The Bertz CT molecular complexity index is 788. The molecule has 0 unspecified atom stereocenters. The summed E-state index contributed by atoms with van der Waals surface area (Å²) in [5.41, 5.74) is 3.68. The maximum absolute atomic E-state index is 12.4. The van der Waals surface area contributed by atoms with E-state index < -0.39 is 5.97 Å².